The molecule has 25 nitrogen and oxygen atoms in total. The Morgan fingerprint density at radius 3 is 1.85 bits per heavy atom. The quantitative estimate of drug-likeness (QED) is 0.0281. The van der Waals surface area contributed by atoms with Gasteiger partial charge in [-0.1, -0.05) is 81.5 Å². The van der Waals surface area contributed by atoms with Gasteiger partial charge in [-0.2, -0.15) is 0 Å². The number of carbonyl (C=O) groups is 9. The first-order chi connectivity index (χ1) is 34.8. The summed E-state index contributed by atoms with van der Waals surface area (Å²) in [7, 11) is 2.80. The van der Waals surface area contributed by atoms with Gasteiger partial charge >= 0.3 is 11.9 Å². The van der Waals surface area contributed by atoms with E-state index < -0.39 is 120 Å². The van der Waals surface area contributed by atoms with Crippen LogP contribution >= 0.6 is 0 Å². The Kier molecular flexibility index (Phi) is 26.0. The fourth-order valence-corrected chi connectivity index (χ4v) is 7.53. The lowest BCUT2D eigenvalue weighted by molar-refractivity contribution is -0.146. The molecule has 2 rings (SSSR count). The summed E-state index contributed by atoms with van der Waals surface area (Å²) in [4.78, 5) is 130. The highest BCUT2D eigenvalue weighted by molar-refractivity contribution is 6.00. The Bertz CT molecular complexity index is 2280. The first kappa shape index (κ1) is 62.3. The van der Waals surface area contributed by atoms with Crippen LogP contribution in [0.25, 0.3) is 0 Å². The molecule has 1 aliphatic heterocycles. The molecule has 1 aromatic carbocycles. The molecular formula is C49H75N13O12. The number of amides is 7. The number of carboxylic acid groups (broad SMARTS) is 2. The Balaban J connectivity index is 2.74. The van der Waals surface area contributed by atoms with Gasteiger partial charge in [0.25, 0.3) is 5.91 Å². The van der Waals surface area contributed by atoms with Crippen molar-refractivity contribution in [2.45, 2.75) is 122 Å². The third kappa shape index (κ3) is 21.1. The number of guanidine groups is 2. The molecule has 1 saturated heterocycles. The van der Waals surface area contributed by atoms with Crippen molar-refractivity contribution < 1.29 is 58.1 Å². The fourth-order valence-electron chi connectivity index (χ4n) is 7.53. The predicted molar refractivity (Wildman–Crippen MR) is 275 cm³/mol. The van der Waals surface area contributed by atoms with E-state index >= 15 is 0 Å². The number of nitrogens with zero attached hydrogens (tertiary/aromatic N) is 3. The number of rotatable bonds is 17. The van der Waals surface area contributed by atoms with Crippen LogP contribution in [0.15, 0.2) is 76.4 Å². The summed E-state index contributed by atoms with van der Waals surface area (Å²) in [6, 6.07) is 0.633. The van der Waals surface area contributed by atoms with Gasteiger partial charge in [-0.25, -0.2) is 9.59 Å². The van der Waals surface area contributed by atoms with Gasteiger partial charge in [-0.05, 0) is 57.9 Å². The summed E-state index contributed by atoms with van der Waals surface area (Å²) < 4.78 is 5.81. The Morgan fingerprint density at radius 1 is 0.784 bits per heavy atom. The minimum Gasteiger partial charge on any atom is -0.480 e. The predicted octanol–water partition coefficient (Wildman–Crippen LogP) is -1.37. The average molecular weight is 1040 g/mol. The van der Waals surface area contributed by atoms with Gasteiger partial charge in [0.2, 0.25) is 35.4 Å². The Hall–Kier alpha value is -7.83. The number of likely N-dealkylation sites (N-methyl/N-ethyl adjacent to an activating group) is 1. The number of hydrogen-bond acceptors (Lipinski definition) is 12. The zero-order valence-electron chi connectivity index (χ0n) is 43.1. The molecule has 10 atom stereocenters. The van der Waals surface area contributed by atoms with Crippen LogP contribution in [0.4, 0.5) is 0 Å². The molecule has 0 bridgehead atoms. The van der Waals surface area contributed by atoms with Crippen molar-refractivity contribution in [2.75, 3.05) is 27.2 Å². The molecule has 0 radical (unpaired) electrons. The molecule has 1 aliphatic rings. The van der Waals surface area contributed by atoms with Crippen LogP contribution in [0.2, 0.25) is 0 Å². The summed E-state index contributed by atoms with van der Waals surface area (Å²) in [6.45, 7) is 11.2. The van der Waals surface area contributed by atoms with Crippen LogP contribution in [-0.4, -0.2) is 150 Å². The SMILES string of the molecule is C=C1C(=O)N[C@H](C)C(=O)N[C@@H](CCCN=C(N)N)C(=O)N[C@@H](C(=O)O)[C@H](C)C(=O)N[C@@H](CCCN=C(N)N)C(=O)N[C@@H](/C=C\C(C)=C/[C@H](C)[C@H](Cc2ccccc2)OC)[C@H](C)C(=O)N[C@@H](C(=O)O)CCC(=O)N1C. The van der Waals surface area contributed by atoms with E-state index in [1.807, 2.05) is 43.3 Å². The maximum atomic E-state index is 14.4. The van der Waals surface area contributed by atoms with Gasteiger partial charge in [0.1, 0.15) is 35.9 Å². The third-order valence-electron chi connectivity index (χ3n) is 12.2. The number of carbonyl (C=O) groups excluding carboxylic acids is 7. The van der Waals surface area contributed by atoms with Crippen LogP contribution in [0.5, 0.6) is 0 Å². The maximum absolute atomic E-state index is 14.4. The van der Waals surface area contributed by atoms with E-state index in [1.54, 1.807) is 20.1 Å². The molecule has 0 aliphatic carbocycles. The summed E-state index contributed by atoms with van der Waals surface area (Å²) >= 11 is 0. The van der Waals surface area contributed by atoms with Crippen LogP contribution < -0.4 is 54.8 Å². The molecule has 0 spiro atoms. The van der Waals surface area contributed by atoms with Crippen molar-refractivity contribution in [2.24, 2.45) is 50.7 Å². The minimum atomic E-state index is -1.95. The second-order valence-corrected chi connectivity index (χ2v) is 18.1. The second kappa shape index (κ2) is 30.9. The minimum absolute atomic E-state index is 0.00394. The van der Waals surface area contributed by atoms with E-state index in [1.165, 1.54) is 33.9 Å². The molecule has 7 amide bonds. The molecular weight excluding hydrogens is 963 g/mol. The zero-order chi connectivity index (χ0) is 55.8. The first-order valence-corrected chi connectivity index (χ1v) is 24.1. The highest BCUT2D eigenvalue weighted by atomic mass is 16.5. The van der Waals surface area contributed by atoms with Crippen molar-refractivity contribution >= 4 is 65.2 Å². The van der Waals surface area contributed by atoms with Crippen molar-refractivity contribution in [3.05, 3.63) is 72.0 Å². The number of aliphatic imine (C=N–C) groups is 2. The van der Waals surface area contributed by atoms with Crippen molar-refractivity contribution in [1.29, 1.82) is 0 Å². The van der Waals surface area contributed by atoms with Gasteiger partial charge < -0.3 is 74.7 Å². The van der Waals surface area contributed by atoms with E-state index in [9.17, 15) is 53.4 Å². The number of benzene rings is 1. The van der Waals surface area contributed by atoms with E-state index in [4.69, 9.17) is 27.7 Å². The number of methoxy groups -OCH3 is 1. The van der Waals surface area contributed by atoms with Gasteiger partial charge in [0, 0.05) is 39.6 Å². The van der Waals surface area contributed by atoms with Gasteiger partial charge in [0.15, 0.2) is 11.9 Å². The van der Waals surface area contributed by atoms with Gasteiger partial charge in [0.05, 0.1) is 24.0 Å². The number of aliphatic carboxylic acids is 2. The monoisotopic (exact) mass is 1040 g/mol. The van der Waals surface area contributed by atoms with Gasteiger partial charge in [-0.15, -0.1) is 0 Å². The molecule has 74 heavy (non-hydrogen) atoms. The lowest BCUT2D eigenvalue weighted by Crippen LogP contribution is -2.59. The molecule has 16 N–H and O–H groups in total. The zero-order valence-corrected chi connectivity index (χ0v) is 43.1. The first-order valence-electron chi connectivity index (χ1n) is 24.1. The van der Waals surface area contributed by atoms with Crippen molar-refractivity contribution in [1.82, 2.24) is 36.8 Å². The normalized spacial score (nSPS) is 24.6. The standard InChI is InChI=1S/C49H75N13O12/c1-26(24-27(2)37(74-8)25-32-14-10-9-11-15-32)18-19-33-28(3)40(64)60-36(46(70)71)20-21-38(63)62(7)31(6)43(67)56-30(5)42(66)59-35(17-13-23-55-49(52)53)45(69)61-39(47(72)73)29(4)41(65)58-34(44(68)57-33)16-12-22-54-48(50)51/h9-11,14-15,18-19,24,27-30,33-37,39H,6,12-13,16-17,20-23,25H2,1-5,7-8H3,(H,56,67)(H,57,68)(H,58,65)(H,59,66)(H,60,64)(H,61,69)(H,70,71)(H,72,73)(H4,50,51,54)(H4,52,53,55)/b19-18-,26-24-/t27-,28-,29-,30+,33-,34-,35-,36+,37-,39+/m0/s1. The third-order valence-corrected chi connectivity index (χ3v) is 12.2. The molecule has 0 saturated carbocycles. The largest absolute Gasteiger partial charge is 0.480 e. The molecule has 0 unspecified atom stereocenters. The van der Waals surface area contributed by atoms with Crippen LogP contribution in [-0.2, 0) is 54.3 Å². The number of nitrogens with two attached hydrogens (primary N) is 4. The number of nitrogens with one attached hydrogen (secondary N) is 6. The van der Waals surface area contributed by atoms with Crippen LogP contribution in [0, 0.1) is 17.8 Å². The van der Waals surface area contributed by atoms with E-state index in [0.717, 1.165) is 10.5 Å². The lowest BCUT2D eigenvalue weighted by Gasteiger charge is -2.28. The topological polar surface area (TPSA) is 408 Å². The summed E-state index contributed by atoms with van der Waals surface area (Å²) in [5, 5.41) is 35.4. The van der Waals surface area contributed by atoms with E-state index in [-0.39, 0.29) is 62.7 Å². The molecule has 0 aromatic heterocycles. The Morgan fingerprint density at radius 2 is 1.32 bits per heavy atom. The smallest absolute Gasteiger partial charge is 0.327 e. The van der Waals surface area contributed by atoms with Gasteiger partial charge in [-0.3, -0.25) is 43.5 Å². The van der Waals surface area contributed by atoms with Crippen LogP contribution in [0.1, 0.15) is 78.7 Å². The summed E-state index contributed by atoms with van der Waals surface area (Å²) in [5.41, 5.74) is 23.2. The van der Waals surface area contributed by atoms with E-state index in [2.05, 4.69) is 48.5 Å². The number of allylic oxidation sites excluding steroid dienone is 2. The lowest BCUT2D eigenvalue weighted by atomic mass is 9.94. The molecule has 1 fully saturated rings. The fraction of sp³-hybridized carbons (Fsp3) is 0.531. The molecule has 408 valence electrons. The summed E-state index contributed by atoms with van der Waals surface area (Å²) in [5.74, 6) is -13.1. The van der Waals surface area contributed by atoms with Crippen molar-refractivity contribution in [3.8, 4) is 0 Å². The molecule has 1 aromatic rings. The molecule has 1 heterocycles. The Labute approximate surface area is 430 Å². The molecule has 25 heteroatoms. The number of hydrogen-bond donors (Lipinski definition) is 12. The average Bonchev–Trinajstić information content (AvgIpc) is 3.34. The second-order valence-electron chi connectivity index (χ2n) is 18.1. The maximum Gasteiger partial charge on any atom is 0.327 e. The van der Waals surface area contributed by atoms with E-state index in [0.29, 0.717) is 12.0 Å². The van der Waals surface area contributed by atoms with Crippen molar-refractivity contribution in [3.63, 3.8) is 0 Å². The highest BCUT2D eigenvalue weighted by Crippen LogP contribution is 2.19. The number of carboxylic acids is 2. The van der Waals surface area contributed by atoms with Crippen LogP contribution in [0.3, 0.4) is 0 Å². The highest BCUT2D eigenvalue weighted by Gasteiger charge is 2.37. The summed E-state index contributed by atoms with van der Waals surface area (Å²) in [6.07, 6.45) is 4.40. The number of ether oxygens (including phenoxy) is 1.